The molecule has 114 valence electrons. The van der Waals surface area contributed by atoms with E-state index in [2.05, 4.69) is 27.8 Å². The molecule has 0 fully saturated rings. The second kappa shape index (κ2) is 9.71. The van der Waals surface area contributed by atoms with Gasteiger partial charge in [0.25, 0.3) is 0 Å². The number of hydrogen-bond donors (Lipinski definition) is 1. The maximum Gasteiger partial charge on any atom is 0.319 e. The van der Waals surface area contributed by atoms with Crippen LogP contribution in [0, 0.1) is 0 Å². The van der Waals surface area contributed by atoms with Crippen LogP contribution in [0.25, 0.3) is 0 Å². The molecular formula is C12H23N5O2S. The van der Waals surface area contributed by atoms with Crippen LogP contribution in [0.2, 0.25) is 0 Å². The first-order chi connectivity index (χ1) is 9.72. The van der Waals surface area contributed by atoms with Gasteiger partial charge in [0.1, 0.15) is 5.25 Å². The molecule has 0 saturated carbocycles. The average Bonchev–Trinajstić information content (AvgIpc) is 2.88. The van der Waals surface area contributed by atoms with E-state index in [4.69, 9.17) is 4.74 Å². The summed E-state index contributed by atoms with van der Waals surface area (Å²) in [5.41, 5.74) is 0. The van der Waals surface area contributed by atoms with Crippen LogP contribution in [-0.4, -0.2) is 51.1 Å². The number of esters is 1. The van der Waals surface area contributed by atoms with Gasteiger partial charge in [0.2, 0.25) is 5.16 Å². The Morgan fingerprint density at radius 3 is 2.85 bits per heavy atom. The number of aromatic nitrogens is 4. The first-order valence-corrected chi connectivity index (χ1v) is 7.91. The summed E-state index contributed by atoms with van der Waals surface area (Å²) in [6.07, 6.45) is 1.78. The highest BCUT2D eigenvalue weighted by Gasteiger charge is 2.22. The zero-order valence-corrected chi connectivity index (χ0v) is 13.2. The lowest BCUT2D eigenvalue weighted by Gasteiger charge is -2.12. The third-order valence-electron chi connectivity index (χ3n) is 2.59. The molecule has 1 N–H and O–H groups in total. The third-order valence-corrected chi connectivity index (χ3v) is 3.91. The quantitative estimate of drug-likeness (QED) is 0.394. The zero-order valence-electron chi connectivity index (χ0n) is 12.3. The molecule has 0 aliphatic carbocycles. The van der Waals surface area contributed by atoms with Gasteiger partial charge in [0.05, 0.1) is 13.2 Å². The maximum absolute atomic E-state index is 11.8. The molecule has 1 aromatic heterocycles. The number of ether oxygens (including phenoxy) is 1. The smallest absolute Gasteiger partial charge is 0.319 e. The van der Waals surface area contributed by atoms with Gasteiger partial charge in [-0.2, -0.15) is 0 Å². The Morgan fingerprint density at radius 2 is 2.20 bits per heavy atom. The van der Waals surface area contributed by atoms with Crippen molar-refractivity contribution >= 4 is 17.7 Å². The zero-order chi connectivity index (χ0) is 14.8. The molecule has 0 spiro atoms. The average molecular weight is 301 g/mol. The molecule has 1 rings (SSSR count). The van der Waals surface area contributed by atoms with Crippen LogP contribution < -0.4 is 5.32 Å². The van der Waals surface area contributed by atoms with Crippen molar-refractivity contribution in [1.29, 1.82) is 0 Å². The van der Waals surface area contributed by atoms with E-state index in [1.54, 1.807) is 11.6 Å². The minimum atomic E-state index is -0.261. The van der Waals surface area contributed by atoms with Crippen molar-refractivity contribution in [3.8, 4) is 0 Å². The van der Waals surface area contributed by atoms with Crippen molar-refractivity contribution < 1.29 is 9.53 Å². The number of tetrazole rings is 1. The largest absolute Gasteiger partial charge is 0.465 e. The Labute approximate surface area is 123 Å². The summed E-state index contributed by atoms with van der Waals surface area (Å²) in [4.78, 5) is 11.8. The van der Waals surface area contributed by atoms with Gasteiger partial charge in [-0.3, -0.25) is 4.79 Å². The van der Waals surface area contributed by atoms with Crippen LogP contribution in [-0.2, 0) is 16.1 Å². The van der Waals surface area contributed by atoms with E-state index in [1.807, 2.05) is 6.92 Å². The van der Waals surface area contributed by atoms with E-state index in [-0.39, 0.29) is 11.2 Å². The van der Waals surface area contributed by atoms with Crippen LogP contribution in [0.5, 0.6) is 0 Å². The molecule has 0 aromatic carbocycles. The molecule has 1 heterocycles. The van der Waals surface area contributed by atoms with Gasteiger partial charge >= 0.3 is 5.97 Å². The van der Waals surface area contributed by atoms with Gasteiger partial charge in [-0.1, -0.05) is 25.6 Å². The fourth-order valence-electron chi connectivity index (χ4n) is 1.57. The van der Waals surface area contributed by atoms with Gasteiger partial charge in [-0.05, 0) is 36.7 Å². The Kier molecular flexibility index (Phi) is 8.20. The van der Waals surface area contributed by atoms with Gasteiger partial charge < -0.3 is 10.1 Å². The highest BCUT2D eigenvalue weighted by Crippen LogP contribution is 2.23. The Hall–Kier alpha value is -1.15. The molecule has 1 aromatic rings. The number of thioether (sulfide) groups is 1. The number of carbonyl (C=O) groups is 1. The lowest BCUT2D eigenvalue weighted by molar-refractivity contribution is -0.142. The topological polar surface area (TPSA) is 81.9 Å². The molecule has 0 aliphatic rings. The fraction of sp³-hybridized carbons (Fsp3) is 0.833. The first-order valence-electron chi connectivity index (χ1n) is 7.03. The molecular weight excluding hydrogens is 278 g/mol. The van der Waals surface area contributed by atoms with Gasteiger partial charge in [-0.25, -0.2) is 4.68 Å². The van der Waals surface area contributed by atoms with E-state index in [0.717, 1.165) is 19.5 Å². The molecule has 0 bridgehead atoms. The highest BCUT2D eigenvalue weighted by molar-refractivity contribution is 8.00. The van der Waals surface area contributed by atoms with E-state index in [0.29, 0.717) is 24.7 Å². The Balaban J connectivity index is 2.53. The molecule has 0 aliphatic heterocycles. The van der Waals surface area contributed by atoms with Crippen LogP contribution >= 0.6 is 11.8 Å². The van der Waals surface area contributed by atoms with Crippen LogP contribution in [0.4, 0.5) is 0 Å². The van der Waals surface area contributed by atoms with Crippen LogP contribution in [0.3, 0.4) is 0 Å². The monoisotopic (exact) mass is 301 g/mol. The number of carbonyl (C=O) groups excluding carboxylic acids is 1. The number of hydrogen-bond acceptors (Lipinski definition) is 7. The standard InChI is InChI=1S/C12H23N5O2S/c1-4-7-13-8-9-17-12(14-15-16-17)20-10(5-2)11(18)19-6-3/h10,13H,4-9H2,1-3H3. The number of rotatable bonds is 10. The van der Waals surface area contributed by atoms with Gasteiger partial charge in [-0.15, -0.1) is 5.10 Å². The maximum atomic E-state index is 11.8. The normalized spacial score (nSPS) is 12.3. The summed E-state index contributed by atoms with van der Waals surface area (Å²) < 4.78 is 6.76. The van der Waals surface area contributed by atoms with Gasteiger partial charge in [0, 0.05) is 6.54 Å². The predicted octanol–water partition coefficient (Wildman–Crippen LogP) is 1.11. The summed E-state index contributed by atoms with van der Waals surface area (Å²) in [6, 6.07) is 0. The van der Waals surface area contributed by atoms with E-state index < -0.39 is 0 Å². The van der Waals surface area contributed by atoms with Gasteiger partial charge in [0.15, 0.2) is 0 Å². The first kappa shape index (κ1) is 16.9. The second-order valence-corrected chi connectivity index (χ2v) is 5.37. The summed E-state index contributed by atoms with van der Waals surface area (Å²) in [5.74, 6) is -0.210. The van der Waals surface area contributed by atoms with E-state index in [9.17, 15) is 4.79 Å². The van der Waals surface area contributed by atoms with Crippen LogP contribution in [0.15, 0.2) is 5.16 Å². The SMILES string of the molecule is CCCNCCn1nnnc1SC(CC)C(=O)OCC. The van der Waals surface area contributed by atoms with E-state index >= 15 is 0 Å². The van der Waals surface area contributed by atoms with Crippen LogP contribution in [0.1, 0.15) is 33.6 Å². The van der Waals surface area contributed by atoms with Crippen molar-refractivity contribution in [2.75, 3.05) is 19.7 Å². The van der Waals surface area contributed by atoms with Crippen molar-refractivity contribution in [2.45, 2.75) is 50.6 Å². The lowest BCUT2D eigenvalue weighted by Crippen LogP contribution is -2.23. The molecule has 1 unspecified atom stereocenters. The molecule has 20 heavy (non-hydrogen) atoms. The molecule has 0 radical (unpaired) electrons. The summed E-state index contributed by atoms with van der Waals surface area (Å²) in [7, 11) is 0. The summed E-state index contributed by atoms with van der Waals surface area (Å²) >= 11 is 1.36. The minimum Gasteiger partial charge on any atom is -0.465 e. The van der Waals surface area contributed by atoms with Crippen molar-refractivity contribution in [3.05, 3.63) is 0 Å². The molecule has 0 saturated heterocycles. The fourth-order valence-corrected chi connectivity index (χ4v) is 2.49. The predicted molar refractivity (Wildman–Crippen MR) is 77.5 cm³/mol. The van der Waals surface area contributed by atoms with E-state index in [1.165, 1.54) is 11.8 Å². The van der Waals surface area contributed by atoms with Crippen molar-refractivity contribution in [1.82, 2.24) is 25.5 Å². The number of nitrogens with zero attached hydrogens (tertiary/aromatic N) is 4. The Morgan fingerprint density at radius 1 is 1.40 bits per heavy atom. The molecule has 8 heteroatoms. The Bertz CT molecular complexity index is 399. The molecule has 0 amide bonds. The minimum absolute atomic E-state index is 0.210. The molecule has 1 atom stereocenters. The summed E-state index contributed by atoms with van der Waals surface area (Å²) in [5, 5.41) is 15.3. The highest BCUT2D eigenvalue weighted by atomic mass is 32.2. The van der Waals surface area contributed by atoms with Crippen molar-refractivity contribution in [2.24, 2.45) is 0 Å². The second-order valence-electron chi connectivity index (χ2n) is 4.20. The summed E-state index contributed by atoms with van der Waals surface area (Å²) in [6.45, 7) is 8.74. The molecule has 7 nitrogen and oxygen atoms in total. The number of nitrogens with one attached hydrogen (secondary N) is 1. The van der Waals surface area contributed by atoms with Crippen molar-refractivity contribution in [3.63, 3.8) is 0 Å². The third kappa shape index (κ3) is 5.46. The lowest BCUT2D eigenvalue weighted by atomic mass is 10.3.